The van der Waals surface area contributed by atoms with E-state index in [0.29, 0.717) is 11.8 Å². The van der Waals surface area contributed by atoms with Crippen LogP contribution in [0.2, 0.25) is 0 Å². The molecule has 22 heavy (non-hydrogen) atoms. The van der Waals surface area contributed by atoms with Crippen molar-refractivity contribution < 1.29 is 4.99 Å². The topological polar surface area (TPSA) is 42.7 Å². The van der Waals surface area contributed by atoms with E-state index in [-0.39, 0.29) is 0 Å². The van der Waals surface area contributed by atoms with Gasteiger partial charge in [-0.1, -0.05) is 36.4 Å². The Bertz CT molecular complexity index is 718. The number of nitriles is 1. The quantitative estimate of drug-likeness (QED) is 0.696. The lowest BCUT2D eigenvalue weighted by molar-refractivity contribution is -0.502. The van der Waals surface area contributed by atoms with Crippen LogP contribution in [0.3, 0.4) is 0 Å². The molecular weight excluding hydrogens is 290 g/mol. The first-order chi connectivity index (χ1) is 10.8. The first-order valence-electron chi connectivity index (χ1n) is 7.97. The molecule has 1 aromatic carbocycles. The number of hydrogen-bond donors (Lipinski definition) is 1. The van der Waals surface area contributed by atoms with Crippen molar-refractivity contribution >= 4 is 28.9 Å². The van der Waals surface area contributed by atoms with E-state index in [9.17, 15) is 0 Å². The van der Waals surface area contributed by atoms with E-state index in [4.69, 9.17) is 5.26 Å². The second kappa shape index (κ2) is 7.02. The van der Waals surface area contributed by atoms with Crippen LogP contribution in [0.4, 0.5) is 0 Å². The Labute approximate surface area is 136 Å². The van der Waals surface area contributed by atoms with Crippen LogP contribution in [0, 0.1) is 11.3 Å². The third kappa shape index (κ3) is 3.05. The van der Waals surface area contributed by atoms with Gasteiger partial charge in [0.2, 0.25) is 0 Å². The van der Waals surface area contributed by atoms with Gasteiger partial charge < -0.3 is 4.57 Å². The fourth-order valence-electron chi connectivity index (χ4n) is 3.28. The lowest BCUT2D eigenvalue weighted by Crippen LogP contribution is -2.76. The number of aromatic nitrogens is 1. The van der Waals surface area contributed by atoms with Gasteiger partial charge in [-0.25, -0.2) is 4.99 Å². The van der Waals surface area contributed by atoms with Crippen molar-refractivity contribution in [2.24, 2.45) is 7.05 Å². The third-order valence-corrected chi connectivity index (χ3v) is 5.47. The van der Waals surface area contributed by atoms with Gasteiger partial charge in [-0.05, 0) is 18.9 Å². The molecule has 0 amide bonds. The van der Waals surface area contributed by atoms with Gasteiger partial charge >= 0.3 is 0 Å². The first-order valence-corrected chi connectivity index (χ1v) is 8.96. The van der Waals surface area contributed by atoms with Crippen molar-refractivity contribution in [3.63, 3.8) is 0 Å². The van der Waals surface area contributed by atoms with E-state index < -0.39 is 0 Å². The molecule has 2 aromatic rings. The molecule has 1 aliphatic carbocycles. The second-order valence-corrected chi connectivity index (χ2v) is 6.85. The molecule has 0 aliphatic heterocycles. The van der Waals surface area contributed by atoms with Crippen molar-refractivity contribution in [1.29, 1.82) is 5.26 Å². The normalized spacial score (nSPS) is 16.4. The Morgan fingerprint density at radius 2 is 2.09 bits per heavy atom. The average Bonchev–Trinajstić information content (AvgIpc) is 2.84. The van der Waals surface area contributed by atoms with Crippen molar-refractivity contribution in [2.45, 2.75) is 43.2 Å². The first kappa shape index (κ1) is 15.2. The minimum absolute atomic E-state index is 0.481. The van der Waals surface area contributed by atoms with Crippen molar-refractivity contribution in [3.05, 3.63) is 29.8 Å². The SMILES string of the molecule is Cn1c(SCC#N)c(C=[NH+]C2CCCCC2)c2ccccc21. The number of hydrogen-bond acceptors (Lipinski definition) is 2. The van der Waals surface area contributed by atoms with Gasteiger partial charge in [-0.2, -0.15) is 5.26 Å². The highest BCUT2D eigenvalue weighted by molar-refractivity contribution is 7.99. The summed E-state index contributed by atoms with van der Waals surface area (Å²) >= 11 is 1.62. The van der Waals surface area contributed by atoms with Crippen LogP contribution in [-0.2, 0) is 7.05 Å². The number of thioether (sulfide) groups is 1. The number of nitrogens with zero attached hydrogens (tertiary/aromatic N) is 2. The van der Waals surface area contributed by atoms with Gasteiger partial charge in [0.05, 0.1) is 22.4 Å². The largest absolute Gasteiger partial charge is 0.338 e. The van der Waals surface area contributed by atoms with Gasteiger partial charge in [0.15, 0.2) is 12.3 Å². The lowest BCUT2D eigenvalue weighted by atomic mass is 9.96. The molecule has 4 heteroatoms. The zero-order valence-corrected chi connectivity index (χ0v) is 13.8. The van der Waals surface area contributed by atoms with Crippen LogP contribution in [-0.4, -0.2) is 22.6 Å². The molecule has 0 radical (unpaired) electrons. The van der Waals surface area contributed by atoms with E-state index in [0.717, 1.165) is 0 Å². The van der Waals surface area contributed by atoms with Crippen LogP contribution in [0.1, 0.15) is 37.7 Å². The lowest BCUT2D eigenvalue weighted by Gasteiger charge is -2.12. The number of aryl methyl sites for hydroxylation is 1. The van der Waals surface area contributed by atoms with Gasteiger partial charge in [-0.15, -0.1) is 0 Å². The molecule has 0 saturated heterocycles. The van der Waals surface area contributed by atoms with Crippen molar-refractivity contribution in [2.75, 3.05) is 5.75 Å². The minimum atomic E-state index is 0.481. The Morgan fingerprint density at radius 3 is 2.86 bits per heavy atom. The summed E-state index contributed by atoms with van der Waals surface area (Å²) < 4.78 is 2.20. The fourth-order valence-corrected chi connectivity index (χ4v) is 4.10. The molecular formula is C18H22N3S+. The summed E-state index contributed by atoms with van der Waals surface area (Å²) in [5, 5.41) is 11.3. The van der Waals surface area contributed by atoms with Crippen LogP contribution in [0.5, 0.6) is 0 Å². The van der Waals surface area contributed by atoms with Crippen molar-refractivity contribution in [3.8, 4) is 6.07 Å². The molecule has 1 saturated carbocycles. The van der Waals surface area contributed by atoms with E-state index in [1.165, 1.54) is 53.6 Å². The standard InChI is InChI=1S/C18H21N3S/c1-21-17-10-6-5-9-15(17)16(18(21)22-12-11-19)13-20-14-7-3-2-4-8-14/h5-6,9-10,13-14H,2-4,7-8,12H2,1H3/p+1. The van der Waals surface area contributed by atoms with E-state index in [1.54, 1.807) is 11.8 Å². The molecule has 1 aromatic heterocycles. The van der Waals surface area contributed by atoms with Gasteiger partial charge in [0.1, 0.15) is 0 Å². The van der Waals surface area contributed by atoms with E-state index in [1.807, 2.05) is 0 Å². The number of benzene rings is 1. The van der Waals surface area contributed by atoms with Crippen LogP contribution in [0.25, 0.3) is 10.9 Å². The highest BCUT2D eigenvalue weighted by Crippen LogP contribution is 2.30. The van der Waals surface area contributed by atoms with Crippen LogP contribution < -0.4 is 4.99 Å². The zero-order chi connectivity index (χ0) is 15.4. The summed E-state index contributed by atoms with van der Waals surface area (Å²) in [5.41, 5.74) is 2.45. The van der Waals surface area contributed by atoms with Crippen molar-refractivity contribution in [1.82, 2.24) is 4.57 Å². The summed E-state index contributed by atoms with van der Waals surface area (Å²) in [6.45, 7) is 0. The smallest absolute Gasteiger partial charge is 0.172 e. The Balaban J connectivity index is 1.98. The molecule has 3 rings (SSSR count). The van der Waals surface area contributed by atoms with Gasteiger partial charge in [-0.3, -0.25) is 0 Å². The van der Waals surface area contributed by atoms with Crippen LogP contribution >= 0.6 is 11.8 Å². The maximum Gasteiger partial charge on any atom is 0.172 e. The molecule has 0 unspecified atom stereocenters. The maximum absolute atomic E-state index is 8.91. The fraction of sp³-hybridized carbons (Fsp3) is 0.444. The predicted molar refractivity (Wildman–Crippen MR) is 92.3 cm³/mol. The molecule has 1 N–H and O–H groups in total. The summed E-state index contributed by atoms with van der Waals surface area (Å²) in [7, 11) is 2.08. The molecule has 1 aliphatic rings. The number of rotatable bonds is 4. The highest BCUT2D eigenvalue weighted by Gasteiger charge is 2.19. The molecule has 1 fully saturated rings. The van der Waals surface area contributed by atoms with Gasteiger partial charge in [0.25, 0.3) is 0 Å². The Hall–Kier alpha value is -1.73. The third-order valence-electron chi connectivity index (χ3n) is 4.43. The maximum atomic E-state index is 8.91. The molecule has 114 valence electrons. The monoisotopic (exact) mass is 312 g/mol. The predicted octanol–water partition coefficient (Wildman–Crippen LogP) is 2.63. The second-order valence-electron chi connectivity index (χ2n) is 5.89. The number of para-hydroxylation sites is 1. The van der Waals surface area contributed by atoms with E-state index >= 15 is 0 Å². The minimum Gasteiger partial charge on any atom is -0.338 e. The summed E-state index contributed by atoms with van der Waals surface area (Å²) in [6, 6.07) is 11.3. The Morgan fingerprint density at radius 1 is 1.32 bits per heavy atom. The van der Waals surface area contributed by atoms with E-state index in [2.05, 4.69) is 53.2 Å². The van der Waals surface area contributed by atoms with Crippen LogP contribution in [0.15, 0.2) is 29.3 Å². The number of fused-ring (bicyclic) bond motifs is 1. The Kier molecular flexibility index (Phi) is 4.84. The molecule has 0 bridgehead atoms. The highest BCUT2D eigenvalue weighted by atomic mass is 32.2. The molecule has 0 atom stereocenters. The summed E-state index contributed by atoms with van der Waals surface area (Å²) in [6.07, 6.45) is 8.74. The molecule has 3 nitrogen and oxygen atoms in total. The zero-order valence-electron chi connectivity index (χ0n) is 13.0. The molecule has 0 spiro atoms. The van der Waals surface area contributed by atoms with Gasteiger partial charge in [0, 0.05) is 30.8 Å². The summed E-state index contributed by atoms with van der Waals surface area (Å²) in [4.78, 5) is 3.63. The average molecular weight is 312 g/mol. The molecule has 1 heterocycles. The number of nitrogens with one attached hydrogen (secondary N) is 1. The summed E-state index contributed by atoms with van der Waals surface area (Å²) in [5.74, 6) is 0.481.